The monoisotopic (exact) mass is 625 g/mol. The van der Waals surface area contributed by atoms with Crippen LogP contribution in [0.15, 0.2) is 30.3 Å². The average molecular weight is 626 g/mol. The van der Waals surface area contributed by atoms with Crippen LogP contribution < -0.4 is 10.1 Å². The third-order valence-corrected chi connectivity index (χ3v) is 10.8. The number of fused-ring (bicyclic) bond motifs is 1. The van der Waals surface area contributed by atoms with Crippen LogP contribution in [-0.2, 0) is 32.5 Å². The first-order valence-corrected chi connectivity index (χ1v) is 18.0. The zero-order valence-corrected chi connectivity index (χ0v) is 27.0. The van der Waals surface area contributed by atoms with E-state index < -0.39 is 15.4 Å². The summed E-state index contributed by atoms with van der Waals surface area (Å²) in [5, 5.41) is 3.17. The highest BCUT2D eigenvalue weighted by atomic mass is 32.2. The largest absolute Gasteiger partial charge is 0.493 e. The first-order valence-electron chi connectivity index (χ1n) is 16.2. The number of piperidine rings is 2. The maximum atomic E-state index is 13.5. The highest BCUT2D eigenvalue weighted by Gasteiger charge is 2.41. The number of aromatic nitrogens is 2. The molecule has 1 aromatic heterocycles. The lowest BCUT2D eigenvalue weighted by Gasteiger charge is -2.41. The molecule has 44 heavy (non-hydrogen) atoms. The lowest BCUT2D eigenvalue weighted by Crippen LogP contribution is -2.50. The van der Waals surface area contributed by atoms with Gasteiger partial charge in [-0.05, 0) is 82.4 Å². The van der Waals surface area contributed by atoms with Gasteiger partial charge in [-0.2, -0.15) is 0 Å². The maximum Gasteiger partial charge on any atom is 0.226 e. The van der Waals surface area contributed by atoms with Crippen LogP contribution in [0.4, 0.5) is 0 Å². The Morgan fingerprint density at radius 2 is 1.86 bits per heavy atom. The number of rotatable bonds is 5. The van der Waals surface area contributed by atoms with Crippen molar-refractivity contribution < 1.29 is 22.7 Å². The molecule has 2 aromatic rings. The summed E-state index contributed by atoms with van der Waals surface area (Å²) < 4.78 is 31.7. The molecule has 0 aliphatic carbocycles. The van der Waals surface area contributed by atoms with Gasteiger partial charge in [0.15, 0.2) is 0 Å². The molecule has 1 aromatic carbocycles. The van der Waals surface area contributed by atoms with Crippen molar-refractivity contribution in [3.63, 3.8) is 0 Å². The predicted molar refractivity (Wildman–Crippen MR) is 169 cm³/mol. The Morgan fingerprint density at radius 1 is 1.07 bits per heavy atom. The van der Waals surface area contributed by atoms with Gasteiger partial charge in [0, 0.05) is 56.5 Å². The quantitative estimate of drug-likeness (QED) is 0.537. The third-order valence-electron chi connectivity index (χ3n) is 9.48. The SMILES string of the molecule is Cc1cc(CCC(=O)N2CCC3(CCCCc4ccccc4OCCCNC3=O)CC2)nc(C2CCCN(S(C)(=O)=O)C2)n1. The van der Waals surface area contributed by atoms with Crippen LogP contribution in [0.5, 0.6) is 5.75 Å². The van der Waals surface area contributed by atoms with Crippen molar-refractivity contribution >= 4 is 21.8 Å². The number of sulfonamides is 1. The van der Waals surface area contributed by atoms with Crippen molar-refractivity contribution in [3.8, 4) is 5.75 Å². The minimum Gasteiger partial charge on any atom is -0.493 e. The second-order valence-electron chi connectivity index (χ2n) is 12.8. The lowest BCUT2D eigenvalue weighted by molar-refractivity contribution is -0.141. The van der Waals surface area contributed by atoms with Crippen LogP contribution in [0.1, 0.15) is 86.5 Å². The minimum atomic E-state index is -3.26. The average Bonchev–Trinajstić information content (AvgIpc) is 3.02. The van der Waals surface area contributed by atoms with Gasteiger partial charge in [-0.3, -0.25) is 9.59 Å². The Balaban J connectivity index is 1.16. The van der Waals surface area contributed by atoms with E-state index in [-0.39, 0.29) is 17.7 Å². The van der Waals surface area contributed by atoms with Crippen LogP contribution in [0.25, 0.3) is 0 Å². The van der Waals surface area contributed by atoms with Crippen molar-refractivity contribution in [1.82, 2.24) is 24.5 Å². The Kier molecular flexibility index (Phi) is 10.6. The number of nitrogens with zero attached hydrogens (tertiary/aromatic N) is 4. The number of hydrogen-bond donors (Lipinski definition) is 1. The number of likely N-dealkylation sites (tertiary alicyclic amines) is 1. The van der Waals surface area contributed by atoms with E-state index in [2.05, 4.69) is 22.4 Å². The molecule has 2 fully saturated rings. The molecule has 1 unspecified atom stereocenters. The van der Waals surface area contributed by atoms with Crippen molar-refractivity contribution in [2.45, 2.75) is 83.5 Å². The zero-order valence-electron chi connectivity index (χ0n) is 26.2. The summed E-state index contributed by atoms with van der Waals surface area (Å²) in [6, 6.07) is 10.1. The van der Waals surface area contributed by atoms with Crippen LogP contribution in [0, 0.1) is 12.3 Å². The summed E-state index contributed by atoms with van der Waals surface area (Å²) in [7, 11) is -3.26. The zero-order chi connectivity index (χ0) is 31.2. The molecular formula is C33H47N5O5S. The maximum absolute atomic E-state index is 13.5. The molecule has 240 valence electrons. The van der Waals surface area contributed by atoms with Crippen LogP contribution >= 0.6 is 0 Å². The van der Waals surface area contributed by atoms with E-state index in [0.29, 0.717) is 70.8 Å². The third kappa shape index (κ3) is 8.15. The number of carbonyl (C=O) groups excluding carboxylic acids is 2. The number of carbonyl (C=O) groups is 2. The lowest BCUT2D eigenvalue weighted by atomic mass is 9.73. The number of para-hydroxylation sites is 1. The van der Waals surface area contributed by atoms with Crippen molar-refractivity contribution in [1.29, 1.82) is 0 Å². The molecule has 3 aliphatic rings. The van der Waals surface area contributed by atoms with E-state index in [9.17, 15) is 18.0 Å². The van der Waals surface area contributed by atoms with Gasteiger partial charge >= 0.3 is 0 Å². The first-order chi connectivity index (χ1) is 21.1. The highest BCUT2D eigenvalue weighted by molar-refractivity contribution is 7.88. The van der Waals surface area contributed by atoms with Crippen molar-refractivity contribution in [3.05, 3.63) is 53.1 Å². The second-order valence-corrected chi connectivity index (χ2v) is 14.7. The normalized spacial score (nSPS) is 22.1. The van der Waals surface area contributed by atoms with E-state index in [1.54, 1.807) is 0 Å². The summed E-state index contributed by atoms with van der Waals surface area (Å²) in [5.74, 6) is 1.76. The molecule has 0 bridgehead atoms. The fraction of sp³-hybridized carbons (Fsp3) is 0.636. The Bertz CT molecular complexity index is 1420. The molecule has 1 spiro atoms. The molecule has 4 heterocycles. The van der Waals surface area contributed by atoms with Gasteiger partial charge in [-0.15, -0.1) is 0 Å². The van der Waals surface area contributed by atoms with Gasteiger partial charge in [0.1, 0.15) is 11.6 Å². The summed E-state index contributed by atoms with van der Waals surface area (Å²) in [6.07, 6.45) is 9.51. The summed E-state index contributed by atoms with van der Waals surface area (Å²) in [5.41, 5.74) is 2.42. The Hall–Kier alpha value is -3.05. The number of ether oxygens (including phenoxy) is 1. The van der Waals surface area contributed by atoms with Crippen molar-refractivity contribution in [2.24, 2.45) is 5.41 Å². The van der Waals surface area contributed by atoms with E-state index in [1.165, 1.54) is 16.1 Å². The molecule has 1 atom stereocenters. The van der Waals surface area contributed by atoms with Gasteiger partial charge in [0.2, 0.25) is 21.8 Å². The number of amides is 2. The minimum absolute atomic E-state index is 0.0464. The fourth-order valence-electron chi connectivity index (χ4n) is 6.87. The summed E-state index contributed by atoms with van der Waals surface area (Å²) in [6.45, 7) is 5.15. The molecule has 3 aliphatic heterocycles. The molecule has 0 saturated carbocycles. The van der Waals surface area contributed by atoms with Crippen LogP contribution in [-0.4, -0.2) is 85.0 Å². The molecule has 0 radical (unpaired) electrons. The first kappa shape index (κ1) is 32.3. The number of aryl methyl sites for hydroxylation is 3. The van der Waals surface area contributed by atoms with Crippen LogP contribution in [0.3, 0.4) is 0 Å². The van der Waals surface area contributed by atoms with Crippen molar-refractivity contribution in [2.75, 3.05) is 45.6 Å². The van der Waals surface area contributed by atoms with Crippen LogP contribution in [0.2, 0.25) is 0 Å². The predicted octanol–water partition coefficient (Wildman–Crippen LogP) is 3.78. The molecular weight excluding hydrogens is 578 g/mol. The van der Waals surface area contributed by atoms with E-state index in [4.69, 9.17) is 9.72 Å². The number of nitrogens with one attached hydrogen (secondary N) is 1. The molecule has 2 amide bonds. The van der Waals surface area contributed by atoms with Gasteiger partial charge < -0.3 is 15.0 Å². The van der Waals surface area contributed by atoms with Gasteiger partial charge in [0.25, 0.3) is 0 Å². The Morgan fingerprint density at radius 3 is 2.66 bits per heavy atom. The second kappa shape index (κ2) is 14.4. The van der Waals surface area contributed by atoms with Gasteiger partial charge in [0.05, 0.1) is 18.3 Å². The number of benzene rings is 1. The summed E-state index contributed by atoms with van der Waals surface area (Å²) in [4.78, 5) is 38.1. The van der Waals surface area contributed by atoms with E-state index >= 15 is 0 Å². The summed E-state index contributed by atoms with van der Waals surface area (Å²) >= 11 is 0. The molecule has 2 saturated heterocycles. The Labute approximate surface area is 262 Å². The standard InChI is InChI=1S/C33H47N5O5S/c1-25-23-28(36-31(35-25)27-11-7-19-38(24-27)44(2,41)42)13-14-30(39)37-20-16-33(17-21-37)15-6-5-10-26-9-3-4-12-29(26)43-22-8-18-34-32(33)40/h3-4,9,12,23,27H,5-8,10-11,13-22,24H2,1-2H3,(H,34,40). The molecule has 1 N–H and O–H groups in total. The molecule has 10 nitrogen and oxygen atoms in total. The molecule has 5 rings (SSSR count). The number of hydrogen-bond acceptors (Lipinski definition) is 7. The van der Waals surface area contributed by atoms with E-state index in [1.807, 2.05) is 30.0 Å². The van der Waals surface area contributed by atoms with E-state index in [0.717, 1.165) is 62.1 Å². The molecule has 11 heteroatoms. The topological polar surface area (TPSA) is 122 Å². The van der Waals surface area contributed by atoms with Gasteiger partial charge in [-0.1, -0.05) is 24.6 Å². The fourth-order valence-corrected chi connectivity index (χ4v) is 7.78. The van der Waals surface area contributed by atoms with Gasteiger partial charge in [-0.25, -0.2) is 22.7 Å². The highest BCUT2D eigenvalue weighted by Crippen LogP contribution is 2.38. The smallest absolute Gasteiger partial charge is 0.226 e.